The second-order valence-electron chi connectivity index (χ2n) is 5.29. The third-order valence-corrected chi connectivity index (χ3v) is 3.71. The molecule has 0 aromatic rings. The number of nitrogens with two attached hydrogens (primary N) is 1. The molecule has 3 heteroatoms. The van der Waals surface area contributed by atoms with Crippen LogP contribution < -0.4 is 5.73 Å². The van der Waals surface area contributed by atoms with Crippen molar-refractivity contribution in [3.63, 3.8) is 0 Å². The lowest BCUT2D eigenvalue weighted by atomic mass is 10.1. The first-order valence-electron chi connectivity index (χ1n) is 8.24. The van der Waals surface area contributed by atoms with Gasteiger partial charge >= 0.3 is 0 Å². The highest BCUT2D eigenvalue weighted by Gasteiger charge is 2.07. The first kappa shape index (κ1) is 18.4. The zero-order valence-corrected chi connectivity index (χ0v) is 13.1. The molecule has 0 spiro atoms. The maximum absolute atomic E-state index is 11.8. The van der Waals surface area contributed by atoms with E-state index >= 15 is 0 Å². The average Bonchev–Trinajstić information content (AvgIpc) is 2.42. The van der Waals surface area contributed by atoms with Gasteiger partial charge in [-0.2, -0.15) is 0 Å². The topological polar surface area (TPSA) is 46.3 Å². The predicted octanol–water partition coefficient (Wildman–Crippen LogP) is 3.71. The molecule has 0 aliphatic carbocycles. The fourth-order valence-corrected chi connectivity index (χ4v) is 2.39. The van der Waals surface area contributed by atoms with Gasteiger partial charge in [-0.1, -0.05) is 44.9 Å². The fourth-order valence-electron chi connectivity index (χ4n) is 2.39. The molecular formula is C16H34N2O. The fraction of sp³-hybridized carbons (Fsp3) is 0.938. The summed E-state index contributed by atoms with van der Waals surface area (Å²) in [6.45, 7) is 6.62. The molecule has 0 bridgehead atoms. The van der Waals surface area contributed by atoms with Crippen molar-refractivity contribution in [2.24, 2.45) is 5.73 Å². The number of carbonyl (C=O) groups excluding carboxylic acids is 1. The van der Waals surface area contributed by atoms with Gasteiger partial charge in [0.2, 0.25) is 5.91 Å². The Labute approximate surface area is 119 Å². The second-order valence-corrected chi connectivity index (χ2v) is 5.29. The summed E-state index contributed by atoms with van der Waals surface area (Å²) in [5.74, 6) is 0.326. The van der Waals surface area contributed by atoms with Gasteiger partial charge < -0.3 is 10.6 Å². The number of hydrogen-bond donors (Lipinski definition) is 1. The number of carbonyl (C=O) groups is 1. The molecule has 0 saturated heterocycles. The van der Waals surface area contributed by atoms with Crippen LogP contribution in [0.25, 0.3) is 0 Å². The van der Waals surface area contributed by atoms with Gasteiger partial charge in [0.25, 0.3) is 0 Å². The minimum Gasteiger partial charge on any atom is -0.343 e. The zero-order chi connectivity index (χ0) is 14.3. The van der Waals surface area contributed by atoms with Crippen LogP contribution in [0.4, 0.5) is 0 Å². The van der Waals surface area contributed by atoms with Crippen molar-refractivity contribution >= 4 is 5.91 Å². The van der Waals surface area contributed by atoms with E-state index in [-0.39, 0.29) is 0 Å². The molecule has 0 unspecified atom stereocenters. The van der Waals surface area contributed by atoms with Gasteiger partial charge in [0, 0.05) is 19.5 Å². The van der Waals surface area contributed by atoms with E-state index in [0.717, 1.165) is 32.5 Å². The largest absolute Gasteiger partial charge is 0.343 e. The van der Waals surface area contributed by atoms with E-state index in [2.05, 4.69) is 0 Å². The van der Waals surface area contributed by atoms with Crippen LogP contribution in [0.15, 0.2) is 0 Å². The standard InChI is InChI=1S/C16H34N2O/c1-3-18(4-2)16(19)14-12-10-8-6-5-7-9-11-13-15-17/h3-15,17H2,1-2H3. The summed E-state index contributed by atoms with van der Waals surface area (Å²) >= 11 is 0. The smallest absolute Gasteiger partial charge is 0.222 e. The van der Waals surface area contributed by atoms with Crippen LogP contribution in [0, 0.1) is 0 Å². The van der Waals surface area contributed by atoms with Crippen LogP contribution in [0.1, 0.15) is 78.1 Å². The maximum atomic E-state index is 11.8. The van der Waals surface area contributed by atoms with Crippen LogP contribution in [-0.2, 0) is 4.79 Å². The Kier molecular flexibility index (Phi) is 13.4. The molecule has 114 valence electrons. The summed E-state index contributed by atoms with van der Waals surface area (Å²) in [7, 11) is 0. The molecule has 0 aromatic carbocycles. The van der Waals surface area contributed by atoms with E-state index < -0.39 is 0 Å². The van der Waals surface area contributed by atoms with Crippen molar-refractivity contribution in [3.05, 3.63) is 0 Å². The van der Waals surface area contributed by atoms with Gasteiger partial charge in [-0.05, 0) is 33.2 Å². The van der Waals surface area contributed by atoms with E-state index in [1.54, 1.807) is 0 Å². The molecule has 3 nitrogen and oxygen atoms in total. The molecule has 0 atom stereocenters. The number of nitrogens with zero attached hydrogens (tertiary/aromatic N) is 1. The van der Waals surface area contributed by atoms with Crippen LogP contribution in [0.3, 0.4) is 0 Å². The highest BCUT2D eigenvalue weighted by molar-refractivity contribution is 5.75. The number of amides is 1. The van der Waals surface area contributed by atoms with Crippen molar-refractivity contribution < 1.29 is 4.79 Å². The van der Waals surface area contributed by atoms with E-state index in [0.29, 0.717) is 5.91 Å². The summed E-state index contributed by atoms with van der Waals surface area (Å²) in [5.41, 5.74) is 5.46. The summed E-state index contributed by atoms with van der Waals surface area (Å²) in [6.07, 6.45) is 12.1. The molecule has 19 heavy (non-hydrogen) atoms. The summed E-state index contributed by atoms with van der Waals surface area (Å²) < 4.78 is 0. The SMILES string of the molecule is CCN(CC)C(=O)CCCCCCCCCCCN. The summed E-state index contributed by atoms with van der Waals surface area (Å²) in [6, 6.07) is 0. The molecule has 0 radical (unpaired) electrons. The lowest BCUT2D eigenvalue weighted by Crippen LogP contribution is -2.30. The lowest BCUT2D eigenvalue weighted by molar-refractivity contribution is -0.130. The van der Waals surface area contributed by atoms with Crippen LogP contribution in [-0.4, -0.2) is 30.4 Å². The van der Waals surface area contributed by atoms with Gasteiger partial charge in [-0.25, -0.2) is 0 Å². The average molecular weight is 270 g/mol. The molecule has 0 heterocycles. The van der Waals surface area contributed by atoms with Gasteiger partial charge in [0.1, 0.15) is 0 Å². The number of unbranched alkanes of at least 4 members (excludes halogenated alkanes) is 8. The molecule has 0 rings (SSSR count). The minimum absolute atomic E-state index is 0.326. The highest BCUT2D eigenvalue weighted by Crippen LogP contribution is 2.11. The van der Waals surface area contributed by atoms with Gasteiger partial charge in [0.05, 0.1) is 0 Å². The van der Waals surface area contributed by atoms with Crippen molar-refractivity contribution in [3.8, 4) is 0 Å². The maximum Gasteiger partial charge on any atom is 0.222 e. The Morgan fingerprint density at radius 2 is 1.21 bits per heavy atom. The molecular weight excluding hydrogens is 236 g/mol. The third kappa shape index (κ3) is 11.0. The molecule has 0 aliphatic rings. The van der Waals surface area contributed by atoms with Crippen molar-refractivity contribution in [1.82, 2.24) is 4.90 Å². The van der Waals surface area contributed by atoms with Crippen molar-refractivity contribution in [2.75, 3.05) is 19.6 Å². The normalized spacial score (nSPS) is 10.7. The molecule has 0 saturated carbocycles. The van der Waals surface area contributed by atoms with E-state index in [9.17, 15) is 4.79 Å². The molecule has 0 aromatic heterocycles. The lowest BCUT2D eigenvalue weighted by Gasteiger charge is -2.18. The van der Waals surface area contributed by atoms with E-state index in [1.807, 2.05) is 18.7 Å². The Hall–Kier alpha value is -0.570. The number of hydrogen-bond acceptors (Lipinski definition) is 2. The molecule has 0 fully saturated rings. The second kappa shape index (κ2) is 13.9. The molecule has 0 aliphatic heterocycles. The summed E-state index contributed by atoms with van der Waals surface area (Å²) in [5, 5.41) is 0. The molecule has 1 amide bonds. The van der Waals surface area contributed by atoms with Crippen LogP contribution in [0.5, 0.6) is 0 Å². The predicted molar refractivity (Wildman–Crippen MR) is 83.2 cm³/mol. The van der Waals surface area contributed by atoms with E-state index in [1.165, 1.54) is 51.4 Å². The Morgan fingerprint density at radius 1 is 0.789 bits per heavy atom. The quantitative estimate of drug-likeness (QED) is 0.519. The van der Waals surface area contributed by atoms with Gasteiger partial charge in [-0.15, -0.1) is 0 Å². The minimum atomic E-state index is 0.326. The first-order valence-corrected chi connectivity index (χ1v) is 8.24. The Balaban J connectivity index is 3.24. The van der Waals surface area contributed by atoms with Crippen LogP contribution >= 0.6 is 0 Å². The highest BCUT2D eigenvalue weighted by atomic mass is 16.2. The zero-order valence-electron chi connectivity index (χ0n) is 13.1. The molecule has 2 N–H and O–H groups in total. The van der Waals surface area contributed by atoms with E-state index in [4.69, 9.17) is 5.73 Å². The Morgan fingerprint density at radius 3 is 1.63 bits per heavy atom. The van der Waals surface area contributed by atoms with Gasteiger partial charge in [-0.3, -0.25) is 4.79 Å². The Bertz CT molecular complexity index is 203. The monoisotopic (exact) mass is 270 g/mol. The van der Waals surface area contributed by atoms with Crippen LogP contribution in [0.2, 0.25) is 0 Å². The summed E-state index contributed by atoms with van der Waals surface area (Å²) in [4.78, 5) is 13.7. The third-order valence-electron chi connectivity index (χ3n) is 3.71. The first-order chi connectivity index (χ1) is 9.26. The van der Waals surface area contributed by atoms with Crippen molar-refractivity contribution in [2.45, 2.75) is 78.1 Å². The van der Waals surface area contributed by atoms with Crippen molar-refractivity contribution in [1.29, 1.82) is 0 Å². The number of rotatable bonds is 13. The van der Waals surface area contributed by atoms with Gasteiger partial charge in [0.15, 0.2) is 0 Å².